The number of benzene rings is 4. The van der Waals surface area contributed by atoms with Gasteiger partial charge in [0, 0.05) is 36.1 Å². The van der Waals surface area contributed by atoms with E-state index in [1.54, 1.807) is 48.4 Å². The molecule has 2 amide bonds. The Morgan fingerprint density at radius 1 is 0.844 bits per heavy atom. The summed E-state index contributed by atoms with van der Waals surface area (Å²) >= 11 is 0. The zero-order valence-corrected chi connectivity index (χ0v) is 26.2. The van der Waals surface area contributed by atoms with Gasteiger partial charge in [0.25, 0.3) is 5.91 Å². The number of rotatable bonds is 12. The minimum absolute atomic E-state index is 0.0220. The minimum Gasteiger partial charge on any atom is -0.497 e. The van der Waals surface area contributed by atoms with E-state index in [-0.39, 0.29) is 23.1 Å². The van der Waals surface area contributed by atoms with Gasteiger partial charge in [0.05, 0.1) is 32.8 Å². The molecule has 11 heteroatoms. The second kappa shape index (κ2) is 13.8. The number of ether oxygens (including phenoxy) is 3. The lowest BCUT2D eigenvalue weighted by Crippen LogP contribution is -2.39. The third-order valence-electron chi connectivity index (χ3n) is 7.65. The van der Waals surface area contributed by atoms with Crippen LogP contribution in [0.15, 0.2) is 95.9 Å². The van der Waals surface area contributed by atoms with Crippen molar-refractivity contribution in [1.29, 1.82) is 0 Å². The molecule has 0 bridgehead atoms. The summed E-state index contributed by atoms with van der Waals surface area (Å²) in [6, 6.07) is 26.1. The van der Waals surface area contributed by atoms with E-state index in [1.165, 1.54) is 32.4 Å². The van der Waals surface area contributed by atoms with Crippen molar-refractivity contribution in [3.05, 3.63) is 108 Å². The van der Waals surface area contributed by atoms with Crippen molar-refractivity contribution in [2.45, 2.75) is 17.7 Å². The van der Waals surface area contributed by atoms with Gasteiger partial charge in [0.1, 0.15) is 5.75 Å². The summed E-state index contributed by atoms with van der Waals surface area (Å²) in [6.45, 7) is 0.159. The lowest BCUT2D eigenvalue weighted by Gasteiger charge is -2.23. The van der Waals surface area contributed by atoms with Crippen LogP contribution in [-0.2, 0) is 27.7 Å². The van der Waals surface area contributed by atoms with Crippen LogP contribution in [0.1, 0.15) is 21.5 Å². The van der Waals surface area contributed by atoms with Gasteiger partial charge in [0.2, 0.25) is 15.9 Å². The fraction of sp³-hybridized carbons (Fsp3) is 0.235. The molecule has 234 valence electrons. The van der Waals surface area contributed by atoms with Crippen molar-refractivity contribution >= 4 is 33.2 Å². The summed E-state index contributed by atoms with van der Waals surface area (Å²) in [6.07, 6.45) is 1.09. The quantitative estimate of drug-likeness (QED) is 0.240. The lowest BCUT2D eigenvalue weighted by atomic mass is 10.1. The largest absolute Gasteiger partial charge is 0.497 e. The highest BCUT2D eigenvalue weighted by Crippen LogP contribution is 2.33. The molecule has 1 heterocycles. The zero-order chi connectivity index (χ0) is 32.0. The van der Waals surface area contributed by atoms with Gasteiger partial charge in [-0.3, -0.25) is 9.59 Å². The molecule has 0 atom stereocenters. The van der Waals surface area contributed by atoms with Gasteiger partial charge in [-0.15, -0.1) is 0 Å². The zero-order valence-electron chi connectivity index (χ0n) is 25.4. The number of sulfonamides is 1. The molecule has 0 spiro atoms. The molecule has 1 aliphatic heterocycles. The number of hydrogen-bond donors (Lipinski definition) is 1. The monoisotopic (exact) mass is 629 g/mol. The van der Waals surface area contributed by atoms with Crippen molar-refractivity contribution in [1.82, 2.24) is 4.31 Å². The highest BCUT2D eigenvalue weighted by atomic mass is 32.2. The normalized spacial score (nSPS) is 12.5. The van der Waals surface area contributed by atoms with E-state index >= 15 is 0 Å². The molecular formula is C34H35N3O7S. The first kappa shape index (κ1) is 31.6. The molecule has 1 aliphatic rings. The van der Waals surface area contributed by atoms with Crippen molar-refractivity contribution in [2.75, 3.05) is 51.2 Å². The van der Waals surface area contributed by atoms with Crippen molar-refractivity contribution in [3.8, 4) is 17.2 Å². The predicted octanol–water partition coefficient (Wildman–Crippen LogP) is 4.79. The fourth-order valence-electron chi connectivity index (χ4n) is 5.23. The summed E-state index contributed by atoms with van der Waals surface area (Å²) in [5.74, 6) is 0.634. The third kappa shape index (κ3) is 7.11. The number of hydrogen-bond acceptors (Lipinski definition) is 7. The summed E-state index contributed by atoms with van der Waals surface area (Å²) in [5, 5.41) is 2.83. The molecule has 0 unspecified atom stereocenters. The average molecular weight is 630 g/mol. The Hall–Kier alpha value is -4.87. The minimum atomic E-state index is -4.11. The molecule has 0 aromatic heterocycles. The maximum atomic E-state index is 13.9. The molecule has 4 aromatic carbocycles. The Kier molecular flexibility index (Phi) is 9.70. The van der Waals surface area contributed by atoms with Crippen molar-refractivity contribution in [2.24, 2.45) is 0 Å². The Morgan fingerprint density at radius 2 is 1.58 bits per heavy atom. The van der Waals surface area contributed by atoms with Crippen LogP contribution < -0.4 is 24.4 Å². The van der Waals surface area contributed by atoms with Gasteiger partial charge in [-0.05, 0) is 72.5 Å². The average Bonchev–Trinajstić information content (AvgIpc) is 3.49. The molecule has 0 aliphatic carbocycles. The van der Waals surface area contributed by atoms with Crippen LogP contribution in [-0.4, -0.2) is 65.5 Å². The van der Waals surface area contributed by atoms with Crippen LogP contribution in [0.4, 0.5) is 11.4 Å². The number of carbonyl (C=O) groups excluding carboxylic acids is 2. The lowest BCUT2D eigenvalue weighted by molar-refractivity contribution is -0.116. The molecule has 4 aromatic rings. The van der Waals surface area contributed by atoms with E-state index in [4.69, 9.17) is 14.2 Å². The van der Waals surface area contributed by atoms with Gasteiger partial charge in [-0.25, -0.2) is 8.42 Å². The van der Waals surface area contributed by atoms with E-state index in [0.717, 1.165) is 15.4 Å². The first-order valence-electron chi connectivity index (χ1n) is 14.4. The van der Waals surface area contributed by atoms with Crippen LogP contribution in [0.2, 0.25) is 0 Å². The standard InChI is InChI=1S/C34H35N3O7S/c1-42-28-13-10-26(11-14-28)34(39)37-20-18-25-9-12-27(21-30(25)37)35-33(38)23-36(19-17-24-7-5-4-6-8-24)45(40,41)29-15-16-31(43-2)32(22-29)44-3/h4-16,21-22H,17-20,23H2,1-3H3,(H,35,38). The molecule has 0 saturated carbocycles. The van der Waals surface area contributed by atoms with E-state index < -0.39 is 22.5 Å². The number of methoxy groups -OCH3 is 3. The molecule has 0 saturated heterocycles. The molecule has 10 nitrogen and oxygen atoms in total. The number of nitrogens with one attached hydrogen (secondary N) is 1. The van der Waals surface area contributed by atoms with Gasteiger partial charge in [-0.2, -0.15) is 4.31 Å². The smallest absolute Gasteiger partial charge is 0.258 e. The molecule has 1 N–H and O–H groups in total. The van der Waals surface area contributed by atoms with Crippen LogP contribution >= 0.6 is 0 Å². The van der Waals surface area contributed by atoms with Gasteiger partial charge in [-0.1, -0.05) is 36.4 Å². The summed E-state index contributed by atoms with van der Waals surface area (Å²) in [7, 11) is 0.356. The van der Waals surface area contributed by atoms with Gasteiger partial charge < -0.3 is 24.4 Å². The second-order valence-electron chi connectivity index (χ2n) is 10.4. The Labute approximate surface area is 263 Å². The molecule has 0 radical (unpaired) electrons. The topological polar surface area (TPSA) is 114 Å². The number of nitrogens with zero attached hydrogens (tertiary/aromatic N) is 2. The number of anilines is 2. The first-order chi connectivity index (χ1) is 21.7. The summed E-state index contributed by atoms with van der Waals surface area (Å²) in [4.78, 5) is 28.4. The first-order valence-corrected chi connectivity index (χ1v) is 15.8. The Bertz CT molecular complexity index is 1780. The maximum absolute atomic E-state index is 13.9. The number of amides is 2. The predicted molar refractivity (Wildman–Crippen MR) is 172 cm³/mol. The van der Waals surface area contributed by atoms with E-state index in [1.807, 2.05) is 36.4 Å². The van der Waals surface area contributed by atoms with Gasteiger partial charge in [0.15, 0.2) is 11.5 Å². The summed E-state index contributed by atoms with van der Waals surface area (Å²) in [5.41, 5.74) is 3.60. The highest BCUT2D eigenvalue weighted by Gasteiger charge is 2.29. The Morgan fingerprint density at radius 3 is 2.27 bits per heavy atom. The molecule has 45 heavy (non-hydrogen) atoms. The SMILES string of the molecule is COc1ccc(C(=O)N2CCc3ccc(NC(=O)CN(CCc4ccccc4)S(=O)(=O)c4ccc(OC)c(OC)c4)cc32)cc1. The number of fused-ring (bicyclic) bond motifs is 1. The summed E-state index contributed by atoms with van der Waals surface area (Å²) < 4.78 is 44.6. The second-order valence-corrected chi connectivity index (χ2v) is 12.4. The van der Waals surface area contributed by atoms with Crippen LogP contribution in [0, 0.1) is 0 Å². The van der Waals surface area contributed by atoms with E-state index in [9.17, 15) is 18.0 Å². The van der Waals surface area contributed by atoms with Crippen LogP contribution in [0.3, 0.4) is 0 Å². The Balaban J connectivity index is 1.36. The molecular weight excluding hydrogens is 594 g/mol. The van der Waals surface area contributed by atoms with Gasteiger partial charge >= 0.3 is 0 Å². The van der Waals surface area contributed by atoms with E-state index in [2.05, 4.69) is 5.32 Å². The fourth-order valence-corrected chi connectivity index (χ4v) is 6.64. The van der Waals surface area contributed by atoms with Crippen molar-refractivity contribution < 1.29 is 32.2 Å². The molecule has 0 fully saturated rings. The molecule has 5 rings (SSSR count). The van der Waals surface area contributed by atoms with Crippen molar-refractivity contribution in [3.63, 3.8) is 0 Å². The third-order valence-corrected chi connectivity index (χ3v) is 9.49. The maximum Gasteiger partial charge on any atom is 0.258 e. The highest BCUT2D eigenvalue weighted by molar-refractivity contribution is 7.89. The number of carbonyl (C=O) groups is 2. The van der Waals surface area contributed by atoms with Crippen LogP contribution in [0.25, 0.3) is 0 Å². The van der Waals surface area contributed by atoms with E-state index in [0.29, 0.717) is 47.8 Å². The van der Waals surface area contributed by atoms with Crippen LogP contribution in [0.5, 0.6) is 17.2 Å².